The minimum atomic E-state index is -0.536. The van der Waals surface area contributed by atoms with Gasteiger partial charge in [-0.25, -0.2) is 0 Å². The number of benzene rings is 1. The molecule has 1 aromatic carbocycles. The minimum Gasteiger partial charge on any atom is -0.329 e. The van der Waals surface area contributed by atoms with Crippen LogP contribution in [0.1, 0.15) is 12.5 Å². The molecule has 3 nitrogen and oxygen atoms in total. The smallest absolute Gasteiger partial charge is 0.238 e. The third kappa shape index (κ3) is 0.930. The number of nitrogens with two attached hydrogens (primary N) is 1. The number of likely N-dealkylation sites (N-methyl/N-ethyl adjacent to an activating group) is 1. The molecule has 0 saturated heterocycles. The van der Waals surface area contributed by atoms with Crippen LogP contribution in [0.5, 0.6) is 0 Å². The molecule has 1 atom stereocenters. The lowest BCUT2D eigenvalue weighted by atomic mass is 9.84. The molecule has 2 rings (SSSR count). The molecular formula is C11H14N2O. The lowest BCUT2D eigenvalue weighted by Gasteiger charge is -2.20. The van der Waals surface area contributed by atoms with Gasteiger partial charge in [0.15, 0.2) is 0 Å². The first-order valence-corrected chi connectivity index (χ1v) is 4.69. The van der Waals surface area contributed by atoms with E-state index in [4.69, 9.17) is 5.73 Å². The first-order chi connectivity index (χ1) is 6.61. The van der Waals surface area contributed by atoms with Gasteiger partial charge in [-0.1, -0.05) is 18.2 Å². The Morgan fingerprint density at radius 1 is 1.43 bits per heavy atom. The van der Waals surface area contributed by atoms with Crippen molar-refractivity contribution in [2.24, 2.45) is 5.73 Å². The van der Waals surface area contributed by atoms with Crippen LogP contribution in [0, 0.1) is 0 Å². The van der Waals surface area contributed by atoms with Crippen LogP contribution in [0.4, 0.5) is 5.69 Å². The largest absolute Gasteiger partial charge is 0.329 e. The standard InChI is InChI=1S/C11H14N2O/c1-11(7-12)8-5-3-4-6-9(8)13(2)10(11)14/h3-6H,7,12H2,1-2H3. The van der Waals surface area contributed by atoms with E-state index in [-0.39, 0.29) is 5.91 Å². The summed E-state index contributed by atoms with van der Waals surface area (Å²) in [6, 6.07) is 7.81. The summed E-state index contributed by atoms with van der Waals surface area (Å²) in [4.78, 5) is 13.6. The highest BCUT2D eigenvalue weighted by Gasteiger charge is 2.44. The molecule has 0 fully saturated rings. The predicted molar refractivity (Wildman–Crippen MR) is 56.3 cm³/mol. The minimum absolute atomic E-state index is 0.0844. The van der Waals surface area contributed by atoms with Crippen molar-refractivity contribution < 1.29 is 4.79 Å². The first-order valence-electron chi connectivity index (χ1n) is 4.69. The van der Waals surface area contributed by atoms with Gasteiger partial charge >= 0.3 is 0 Å². The van der Waals surface area contributed by atoms with Crippen LogP contribution in [-0.4, -0.2) is 19.5 Å². The molecule has 0 bridgehead atoms. The fourth-order valence-electron chi connectivity index (χ4n) is 2.02. The average Bonchev–Trinajstić information content (AvgIpc) is 2.43. The summed E-state index contributed by atoms with van der Waals surface area (Å²) < 4.78 is 0. The molecule has 0 radical (unpaired) electrons. The lowest BCUT2D eigenvalue weighted by molar-refractivity contribution is -0.122. The molecule has 3 heteroatoms. The number of fused-ring (bicyclic) bond motifs is 1. The van der Waals surface area contributed by atoms with Gasteiger partial charge in [0.25, 0.3) is 0 Å². The number of para-hydroxylation sites is 1. The van der Waals surface area contributed by atoms with Crippen molar-refractivity contribution in [2.45, 2.75) is 12.3 Å². The van der Waals surface area contributed by atoms with Crippen LogP contribution < -0.4 is 10.6 Å². The van der Waals surface area contributed by atoms with Gasteiger partial charge < -0.3 is 10.6 Å². The number of nitrogens with zero attached hydrogens (tertiary/aromatic N) is 1. The second-order valence-corrected chi connectivity index (χ2v) is 3.92. The predicted octanol–water partition coefficient (Wildman–Crippen LogP) is 0.879. The summed E-state index contributed by atoms with van der Waals surface area (Å²) in [5.41, 5.74) is 7.17. The summed E-state index contributed by atoms with van der Waals surface area (Å²) in [6.45, 7) is 2.25. The van der Waals surface area contributed by atoms with Crippen LogP contribution in [0.15, 0.2) is 24.3 Å². The van der Waals surface area contributed by atoms with Crippen molar-refractivity contribution in [2.75, 3.05) is 18.5 Å². The van der Waals surface area contributed by atoms with E-state index in [1.807, 2.05) is 31.2 Å². The third-order valence-corrected chi connectivity index (χ3v) is 3.04. The zero-order chi connectivity index (χ0) is 10.3. The number of carbonyl (C=O) groups excluding carboxylic acids is 1. The van der Waals surface area contributed by atoms with Gasteiger partial charge in [0.05, 0.1) is 5.41 Å². The average molecular weight is 190 g/mol. The normalized spacial score (nSPS) is 25.4. The quantitative estimate of drug-likeness (QED) is 0.714. The Morgan fingerprint density at radius 3 is 2.71 bits per heavy atom. The van der Waals surface area contributed by atoms with Crippen LogP contribution in [0.2, 0.25) is 0 Å². The maximum atomic E-state index is 12.0. The monoisotopic (exact) mass is 190 g/mol. The van der Waals surface area contributed by atoms with E-state index in [2.05, 4.69) is 0 Å². The summed E-state index contributed by atoms with van der Waals surface area (Å²) in [5, 5.41) is 0. The molecule has 0 spiro atoms. The number of hydrogen-bond donors (Lipinski definition) is 1. The van der Waals surface area contributed by atoms with E-state index in [1.54, 1.807) is 11.9 Å². The van der Waals surface area contributed by atoms with Crippen molar-refractivity contribution >= 4 is 11.6 Å². The second-order valence-electron chi connectivity index (χ2n) is 3.92. The number of carbonyl (C=O) groups is 1. The number of anilines is 1. The Bertz CT molecular complexity index is 389. The zero-order valence-corrected chi connectivity index (χ0v) is 8.45. The van der Waals surface area contributed by atoms with Crippen LogP contribution in [0.25, 0.3) is 0 Å². The Kier molecular flexibility index (Phi) is 1.86. The summed E-state index contributed by atoms with van der Waals surface area (Å²) in [5.74, 6) is 0.0844. The Labute approximate surface area is 83.5 Å². The highest BCUT2D eigenvalue weighted by molar-refractivity contribution is 6.07. The molecule has 0 aromatic heterocycles. The molecule has 0 aliphatic carbocycles. The van der Waals surface area contributed by atoms with Gasteiger partial charge in [0.2, 0.25) is 5.91 Å². The van der Waals surface area contributed by atoms with Crippen molar-refractivity contribution in [3.05, 3.63) is 29.8 Å². The molecule has 2 N–H and O–H groups in total. The number of amides is 1. The van der Waals surface area contributed by atoms with Gasteiger partial charge in [-0.15, -0.1) is 0 Å². The fraction of sp³-hybridized carbons (Fsp3) is 0.364. The fourth-order valence-corrected chi connectivity index (χ4v) is 2.02. The van der Waals surface area contributed by atoms with Crippen molar-refractivity contribution in [1.82, 2.24) is 0 Å². The summed E-state index contributed by atoms with van der Waals surface area (Å²) in [6.07, 6.45) is 0. The second kappa shape index (κ2) is 2.82. The van der Waals surface area contributed by atoms with Gasteiger partial charge in [0.1, 0.15) is 0 Å². The number of hydrogen-bond acceptors (Lipinski definition) is 2. The Morgan fingerprint density at radius 2 is 2.07 bits per heavy atom. The maximum absolute atomic E-state index is 12.0. The molecule has 1 aliphatic rings. The maximum Gasteiger partial charge on any atom is 0.238 e. The van der Waals surface area contributed by atoms with Crippen molar-refractivity contribution in [3.63, 3.8) is 0 Å². The van der Waals surface area contributed by atoms with E-state index in [0.717, 1.165) is 11.3 Å². The van der Waals surface area contributed by atoms with E-state index < -0.39 is 5.41 Å². The molecule has 0 saturated carbocycles. The van der Waals surface area contributed by atoms with Gasteiger partial charge in [-0.2, -0.15) is 0 Å². The van der Waals surface area contributed by atoms with E-state index in [1.165, 1.54) is 0 Å². The molecular weight excluding hydrogens is 176 g/mol. The molecule has 1 heterocycles. The number of rotatable bonds is 1. The summed E-state index contributed by atoms with van der Waals surface area (Å²) in [7, 11) is 1.79. The van der Waals surface area contributed by atoms with Crippen molar-refractivity contribution in [1.29, 1.82) is 0 Å². The first kappa shape index (κ1) is 9.21. The lowest BCUT2D eigenvalue weighted by Crippen LogP contribution is -2.41. The molecule has 1 amide bonds. The molecule has 1 unspecified atom stereocenters. The third-order valence-electron chi connectivity index (χ3n) is 3.04. The van der Waals surface area contributed by atoms with Crippen LogP contribution >= 0.6 is 0 Å². The molecule has 1 aromatic rings. The summed E-state index contributed by atoms with van der Waals surface area (Å²) >= 11 is 0. The topological polar surface area (TPSA) is 46.3 Å². The Hall–Kier alpha value is -1.35. The molecule has 74 valence electrons. The molecule has 1 aliphatic heterocycles. The highest BCUT2D eigenvalue weighted by atomic mass is 16.2. The van der Waals surface area contributed by atoms with E-state index in [9.17, 15) is 4.79 Å². The van der Waals surface area contributed by atoms with E-state index >= 15 is 0 Å². The van der Waals surface area contributed by atoms with Crippen LogP contribution in [0.3, 0.4) is 0 Å². The van der Waals surface area contributed by atoms with Crippen LogP contribution in [-0.2, 0) is 10.2 Å². The Balaban J connectivity index is 2.65. The molecule has 14 heavy (non-hydrogen) atoms. The SMILES string of the molecule is CN1C(=O)C(C)(CN)c2ccccc21. The van der Waals surface area contributed by atoms with Gasteiger partial charge in [-0.05, 0) is 18.6 Å². The van der Waals surface area contributed by atoms with Gasteiger partial charge in [0, 0.05) is 19.3 Å². The van der Waals surface area contributed by atoms with E-state index in [0.29, 0.717) is 6.54 Å². The highest BCUT2D eigenvalue weighted by Crippen LogP contribution is 2.39. The van der Waals surface area contributed by atoms with Gasteiger partial charge in [-0.3, -0.25) is 4.79 Å². The zero-order valence-electron chi connectivity index (χ0n) is 8.45. The van der Waals surface area contributed by atoms with Crippen molar-refractivity contribution in [3.8, 4) is 0 Å².